The van der Waals surface area contributed by atoms with E-state index < -0.39 is 17.7 Å². The SMILES string of the molecule is CCN(CC)c1ccc(N2C(=O)C(=O)/C(=C(\O)c3ccc(OC(C)C)c(C)c3)C2c2cccc(C)c2)cc1. The van der Waals surface area contributed by atoms with Crippen LogP contribution in [0.3, 0.4) is 0 Å². The number of Topliss-reactive ketones (excluding diaryl/α,β-unsaturated/α-hetero) is 1. The number of carbonyl (C=O) groups excluding carboxylic acids is 2. The molecule has 6 heteroatoms. The molecule has 1 N–H and O–H groups in total. The van der Waals surface area contributed by atoms with Crippen LogP contribution in [0.1, 0.15) is 56.0 Å². The van der Waals surface area contributed by atoms with E-state index in [1.54, 1.807) is 18.2 Å². The molecule has 1 unspecified atom stereocenters. The van der Waals surface area contributed by atoms with E-state index in [1.807, 2.05) is 76.2 Å². The van der Waals surface area contributed by atoms with Crippen LogP contribution in [0.5, 0.6) is 5.75 Å². The molecule has 1 saturated heterocycles. The number of aliphatic hydroxyl groups excluding tert-OH is 1. The highest BCUT2D eigenvalue weighted by molar-refractivity contribution is 6.51. The normalized spacial score (nSPS) is 16.8. The van der Waals surface area contributed by atoms with Gasteiger partial charge in [-0.3, -0.25) is 14.5 Å². The molecule has 3 aromatic rings. The van der Waals surface area contributed by atoms with Gasteiger partial charge in [-0.1, -0.05) is 29.8 Å². The van der Waals surface area contributed by atoms with Crippen LogP contribution in [0.4, 0.5) is 11.4 Å². The predicted molar refractivity (Wildman–Crippen MR) is 153 cm³/mol. The van der Waals surface area contributed by atoms with Gasteiger partial charge in [-0.25, -0.2) is 0 Å². The summed E-state index contributed by atoms with van der Waals surface area (Å²) in [4.78, 5) is 30.7. The monoisotopic (exact) mass is 512 g/mol. The molecule has 6 nitrogen and oxygen atoms in total. The van der Waals surface area contributed by atoms with Crippen molar-refractivity contribution in [1.82, 2.24) is 0 Å². The van der Waals surface area contributed by atoms with Gasteiger partial charge in [0.05, 0.1) is 17.7 Å². The summed E-state index contributed by atoms with van der Waals surface area (Å²) in [5, 5.41) is 11.5. The zero-order valence-corrected chi connectivity index (χ0v) is 23.0. The van der Waals surface area contributed by atoms with Crippen molar-refractivity contribution in [2.45, 2.75) is 53.7 Å². The first-order valence-electron chi connectivity index (χ1n) is 13.2. The number of anilines is 2. The molecule has 0 saturated carbocycles. The summed E-state index contributed by atoms with van der Waals surface area (Å²) in [5.41, 5.74) is 4.77. The predicted octanol–water partition coefficient (Wildman–Crippen LogP) is 6.56. The molecule has 1 amide bonds. The molecule has 1 atom stereocenters. The second-order valence-electron chi connectivity index (χ2n) is 9.92. The Labute approximate surface area is 225 Å². The van der Waals surface area contributed by atoms with Crippen LogP contribution in [0, 0.1) is 13.8 Å². The second-order valence-corrected chi connectivity index (χ2v) is 9.92. The van der Waals surface area contributed by atoms with E-state index in [4.69, 9.17) is 4.74 Å². The van der Waals surface area contributed by atoms with Gasteiger partial charge >= 0.3 is 0 Å². The first-order valence-corrected chi connectivity index (χ1v) is 13.2. The third kappa shape index (κ3) is 5.17. The Kier molecular flexibility index (Phi) is 7.91. The standard InChI is InChI=1S/C32H36N2O4/c1-7-33(8-2)25-13-15-26(16-14-25)34-29(23-11-9-10-21(5)18-23)28(31(36)32(34)37)30(35)24-12-17-27(22(6)19-24)38-20(3)4/h9-20,29,35H,7-8H2,1-6H3/b30-28-. The van der Waals surface area contributed by atoms with Crippen molar-refractivity contribution in [3.8, 4) is 5.75 Å². The minimum absolute atomic E-state index is 0.00733. The van der Waals surface area contributed by atoms with E-state index in [0.29, 0.717) is 17.0 Å². The van der Waals surface area contributed by atoms with Crippen LogP contribution in [0.15, 0.2) is 72.3 Å². The number of nitrogens with zero attached hydrogens (tertiary/aromatic N) is 2. The highest BCUT2D eigenvalue weighted by atomic mass is 16.5. The van der Waals surface area contributed by atoms with E-state index >= 15 is 0 Å². The third-order valence-electron chi connectivity index (χ3n) is 6.87. The van der Waals surface area contributed by atoms with Crippen LogP contribution >= 0.6 is 0 Å². The Hall–Kier alpha value is -4.06. The highest BCUT2D eigenvalue weighted by Crippen LogP contribution is 2.43. The maximum Gasteiger partial charge on any atom is 0.300 e. The van der Waals surface area contributed by atoms with E-state index in [9.17, 15) is 14.7 Å². The van der Waals surface area contributed by atoms with Crippen molar-refractivity contribution < 1.29 is 19.4 Å². The largest absolute Gasteiger partial charge is 0.507 e. The number of hydrogen-bond donors (Lipinski definition) is 1. The minimum Gasteiger partial charge on any atom is -0.507 e. The summed E-state index contributed by atoms with van der Waals surface area (Å²) in [6.45, 7) is 13.7. The number of benzene rings is 3. The van der Waals surface area contributed by atoms with Crippen molar-refractivity contribution in [1.29, 1.82) is 0 Å². The zero-order chi connectivity index (χ0) is 27.6. The van der Waals surface area contributed by atoms with Crippen LogP contribution in [0.2, 0.25) is 0 Å². The molecular formula is C32H36N2O4. The summed E-state index contributed by atoms with van der Waals surface area (Å²) in [5.74, 6) is -0.857. The van der Waals surface area contributed by atoms with Gasteiger partial charge in [-0.2, -0.15) is 0 Å². The Bertz CT molecular complexity index is 1370. The van der Waals surface area contributed by atoms with Crippen molar-refractivity contribution in [2.24, 2.45) is 0 Å². The van der Waals surface area contributed by atoms with Crippen molar-refractivity contribution >= 4 is 28.8 Å². The first kappa shape index (κ1) is 27.0. The number of aliphatic hydroxyl groups is 1. The topological polar surface area (TPSA) is 70.1 Å². The average Bonchev–Trinajstić information content (AvgIpc) is 3.16. The maximum absolute atomic E-state index is 13.5. The van der Waals surface area contributed by atoms with Gasteiger partial charge in [-0.15, -0.1) is 0 Å². The fourth-order valence-electron chi connectivity index (χ4n) is 5.01. The van der Waals surface area contributed by atoms with Crippen molar-refractivity contribution in [2.75, 3.05) is 22.9 Å². The lowest BCUT2D eigenvalue weighted by atomic mass is 9.93. The molecule has 198 valence electrons. The highest BCUT2D eigenvalue weighted by Gasteiger charge is 2.47. The Morgan fingerprint density at radius 2 is 1.66 bits per heavy atom. The summed E-state index contributed by atoms with van der Waals surface area (Å²) in [6.07, 6.45) is 0.00733. The Morgan fingerprint density at radius 3 is 2.24 bits per heavy atom. The van der Waals surface area contributed by atoms with E-state index in [0.717, 1.165) is 35.5 Å². The molecule has 1 aliphatic rings. The van der Waals surface area contributed by atoms with E-state index in [1.165, 1.54) is 4.90 Å². The van der Waals surface area contributed by atoms with Gasteiger partial charge in [0.15, 0.2) is 0 Å². The lowest BCUT2D eigenvalue weighted by Crippen LogP contribution is -2.29. The minimum atomic E-state index is -0.763. The van der Waals surface area contributed by atoms with Gasteiger partial charge in [-0.05, 0) is 95.1 Å². The van der Waals surface area contributed by atoms with Gasteiger partial charge in [0.1, 0.15) is 11.5 Å². The smallest absolute Gasteiger partial charge is 0.300 e. The summed E-state index contributed by atoms with van der Waals surface area (Å²) in [6, 6.07) is 19.9. The van der Waals surface area contributed by atoms with Gasteiger partial charge in [0.2, 0.25) is 0 Å². The van der Waals surface area contributed by atoms with Gasteiger partial charge < -0.3 is 14.7 Å². The summed E-state index contributed by atoms with van der Waals surface area (Å²) in [7, 11) is 0. The molecule has 0 spiro atoms. The van der Waals surface area contributed by atoms with Crippen LogP contribution in [-0.2, 0) is 9.59 Å². The summed E-state index contributed by atoms with van der Waals surface area (Å²) >= 11 is 0. The van der Waals surface area contributed by atoms with Gasteiger partial charge in [0, 0.05) is 30.0 Å². The second kappa shape index (κ2) is 11.1. The Balaban J connectivity index is 1.85. The quantitative estimate of drug-likeness (QED) is 0.210. The molecule has 4 rings (SSSR count). The number of ketones is 1. The zero-order valence-electron chi connectivity index (χ0n) is 23.0. The van der Waals surface area contributed by atoms with E-state index in [-0.39, 0.29) is 17.4 Å². The molecule has 38 heavy (non-hydrogen) atoms. The molecule has 0 radical (unpaired) electrons. The number of carbonyl (C=O) groups is 2. The van der Waals surface area contributed by atoms with Gasteiger partial charge in [0.25, 0.3) is 11.7 Å². The van der Waals surface area contributed by atoms with Crippen LogP contribution in [0.25, 0.3) is 5.76 Å². The molecule has 1 aliphatic heterocycles. The fraction of sp³-hybridized carbons (Fsp3) is 0.312. The molecule has 1 fully saturated rings. The molecular weight excluding hydrogens is 476 g/mol. The molecule has 0 aliphatic carbocycles. The van der Waals surface area contributed by atoms with E-state index in [2.05, 4.69) is 18.7 Å². The number of aryl methyl sites for hydroxylation is 2. The number of ether oxygens (including phenoxy) is 1. The molecule has 3 aromatic carbocycles. The number of rotatable bonds is 8. The molecule has 1 heterocycles. The lowest BCUT2D eigenvalue weighted by Gasteiger charge is -2.27. The fourth-order valence-corrected chi connectivity index (χ4v) is 5.01. The number of amides is 1. The first-order chi connectivity index (χ1) is 18.2. The lowest BCUT2D eigenvalue weighted by molar-refractivity contribution is -0.132. The molecule has 0 bridgehead atoms. The third-order valence-corrected chi connectivity index (χ3v) is 6.87. The van der Waals surface area contributed by atoms with Crippen LogP contribution in [-0.4, -0.2) is 36.0 Å². The Morgan fingerprint density at radius 1 is 0.974 bits per heavy atom. The van der Waals surface area contributed by atoms with Crippen molar-refractivity contribution in [3.05, 3.63) is 94.6 Å². The maximum atomic E-state index is 13.5. The van der Waals surface area contributed by atoms with Crippen LogP contribution < -0.4 is 14.5 Å². The average molecular weight is 513 g/mol. The van der Waals surface area contributed by atoms with Crippen molar-refractivity contribution in [3.63, 3.8) is 0 Å². The summed E-state index contributed by atoms with van der Waals surface area (Å²) < 4.78 is 5.83. The molecule has 0 aromatic heterocycles. The number of hydrogen-bond acceptors (Lipinski definition) is 5.